The van der Waals surface area contributed by atoms with Crippen molar-refractivity contribution in [2.75, 3.05) is 26.2 Å². The number of carbonyl (C=O) groups excluding carboxylic acids is 1. The molecule has 20 heavy (non-hydrogen) atoms. The van der Waals surface area contributed by atoms with E-state index in [-0.39, 0.29) is 12.1 Å². The molecule has 0 aromatic heterocycles. The second-order valence-corrected chi connectivity index (χ2v) is 6.50. The summed E-state index contributed by atoms with van der Waals surface area (Å²) in [7, 11) is 0. The molecule has 0 aromatic rings. The molecule has 4 N–H and O–H groups in total. The first-order valence-corrected chi connectivity index (χ1v) is 8.02. The molecule has 2 saturated heterocycles. The molecule has 0 aromatic carbocycles. The van der Waals surface area contributed by atoms with Crippen molar-refractivity contribution in [3.63, 3.8) is 0 Å². The molecule has 0 spiro atoms. The van der Waals surface area contributed by atoms with Crippen LogP contribution in [0.4, 0.5) is 0 Å². The smallest absolute Gasteiger partial charge is 0.166 e. The SMILES string of the molecule is CC(C(=O)C(C)N1CCC(N)CC1)N1CCC(N)CC1. The fraction of sp³-hybridized carbons (Fsp3) is 0.933. The van der Waals surface area contributed by atoms with Crippen LogP contribution in [0.1, 0.15) is 39.5 Å². The molecule has 2 fully saturated rings. The standard InChI is InChI=1S/C15H30N4O/c1-11(18-7-3-13(16)4-8-18)15(20)12(2)19-9-5-14(17)6-10-19/h11-14H,3-10,16-17H2,1-2H3. The molecule has 5 nitrogen and oxygen atoms in total. The zero-order chi connectivity index (χ0) is 14.7. The third-order valence-corrected chi connectivity index (χ3v) is 5.07. The lowest BCUT2D eigenvalue weighted by Crippen LogP contribution is -2.54. The second-order valence-electron chi connectivity index (χ2n) is 6.50. The summed E-state index contributed by atoms with van der Waals surface area (Å²) in [6.07, 6.45) is 4.02. The number of hydrogen-bond donors (Lipinski definition) is 2. The van der Waals surface area contributed by atoms with E-state index < -0.39 is 0 Å². The molecule has 2 heterocycles. The Balaban J connectivity index is 1.86. The first kappa shape index (κ1) is 15.9. The summed E-state index contributed by atoms with van der Waals surface area (Å²) in [6, 6.07) is 0.644. The van der Waals surface area contributed by atoms with Crippen molar-refractivity contribution in [3.05, 3.63) is 0 Å². The van der Waals surface area contributed by atoms with Crippen LogP contribution < -0.4 is 11.5 Å². The van der Waals surface area contributed by atoms with Gasteiger partial charge in [0.1, 0.15) is 0 Å². The summed E-state index contributed by atoms with van der Waals surface area (Å²) < 4.78 is 0. The van der Waals surface area contributed by atoms with E-state index in [1.165, 1.54) is 0 Å². The van der Waals surface area contributed by atoms with Crippen LogP contribution in [0.3, 0.4) is 0 Å². The summed E-state index contributed by atoms with van der Waals surface area (Å²) in [4.78, 5) is 17.2. The van der Waals surface area contributed by atoms with Gasteiger partial charge in [-0.3, -0.25) is 14.6 Å². The maximum atomic E-state index is 12.7. The fourth-order valence-corrected chi connectivity index (χ4v) is 3.32. The topological polar surface area (TPSA) is 75.6 Å². The van der Waals surface area contributed by atoms with Gasteiger partial charge in [-0.05, 0) is 39.5 Å². The Bertz CT molecular complexity index is 290. The maximum Gasteiger partial charge on any atom is 0.166 e. The van der Waals surface area contributed by atoms with Crippen LogP contribution in [0.15, 0.2) is 0 Å². The van der Waals surface area contributed by atoms with Gasteiger partial charge in [-0.2, -0.15) is 0 Å². The Morgan fingerprint density at radius 1 is 0.850 bits per heavy atom. The first-order valence-electron chi connectivity index (χ1n) is 8.02. The lowest BCUT2D eigenvalue weighted by Gasteiger charge is -2.38. The van der Waals surface area contributed by atoms with E-state index in [0.717, 1.165) is 51.9 Å². The zero-order valence-corrected chi connectivity index (χ0v) is 12.9. The molecule has 0 bridgehead atoms. The monoisotopic (exact) mass is 282 g/mol. The molecule has 0 saturated carbocycles. The zero-order valence-electron chi connectivity index (χ0n) is 12.9. The predicted octanol–water partition coefficient (Wildman–Crippen LogP) is 0.179. The van der Waals surface area contributed by atoms with E-state index in [0.29, 0.717) is 17.9 Å². The number of likely N-dealkylation sites (tertiary alicyclic amines) is 2. The quantitative estimate of drug-likeness (QED) is 0.769. The minimum absolute atomic E-state index is 0.00750. The lowest BCUT2D eigenvalue weighted by atomic mass is 9.98. The van der Waals surface area contributed by atoms with E-state index >= 15 is 0 Å². The largest absolute Gasteiger partial charge is 0.328 e. The first-order chi connectivity index (χ1) is 9.49. The van der Waals surface area contributed by atoms with Crippen LogP contribution in [0.25, 0.3) is 0 Å². The summed E-state index contributed by atoms with van der Waals surface area (Å²) in [5.74, 6) is 0.343. The van der Waals surface area contributed by atoms with E-state index in [2.05, 4.69) is 9.80 Å². The second kappa shape index (κ2) is 6.98. The molecule has 5 heteroatoms. The molecule has 2 atom stereocenters. The van der Waals surface area contributed by atoms with Gasteiger partial charge in [-0.15, -0.1) is 0 Å². The minimum Gasteiger partial charge on any atom is -0.328 e. The molecular weight excluding hydrogens is 252 g/mol. The minimum atomic E-state index is 0.00750. The van der Waals surface area contributed by atoms with Gasteiger partial charge in [0.2, 0.25) is 0 Å². The van der Waals surface area contributed by atoms with Crippen molar-refractivity contribution in [2.45, 2.75) is 63.7 Å². The third-order valence-electron chi connectivity index (χ3n) is 5.07. The van der Waals surface area contributed by atoms with Gasteiger partial charge in [0, 0.05) is 38.3 Å². The number of rotatable bonds is 4. The summed E-state index contributed by atoms with van der Waals surface area (Å²) in [5.41, 5.74) is 11.9. The Morgan fingerprint density at radius 3 is 1.45 bits per heavy atom. The molecule has 0 amide bonds. The van der Waals surface area contributed by atoms with Gasteiger partial charge in [-0.1, -0.05) is 0 Å². The fourth-order valence-electron chi connectivity index (χ4n) is 3.32. The molecule has 0 radical (unpaired) electrons. The molecule has 0 aliphatic carbocycles. The van der Waals surface area contributed by atoms with Crippen LogP contribution >= 0.6 is 0 Å². The Hall–Kier alpha value is -0.490. The van der Waals surface area contributed by atoms with Crippen LogP contribution in [-0.2, 0) is 4.79 Å². The average Bonchev–Trinajstić information content (AvgIpc) is 2.46. The normalized spacial score (nSPS) is 27.4. The van der Waals surface area contributed by atoms with Gasteiger partial charge in [0.25, 0.3) is 0 Å². The highest BCUT2D eigenvalue weighted by atomic mass is 16.1. The number of nitrogens with zero attached hydrogens (tertiary/aromatic N) is 2. The Labute approximate surface area is 122 Å². The lowest BCUT2D eigenvalue weighted by molar-refractivity contribution is -0.129. The van der Waals surface area contributed by atoms with Crippen molar-refractivity contribution in [2.24, 2.45) is 11.5 Å². The van der Waals surface area contributed by atoms with E-state index in [9.17, 15) is 4.79 Å². The van der Waals surface area contributed by atoms with Crippen molar-refractivity contribution in [1.29, 1.82) is 0 Å². The predicted molar refractivity (Wildman–Crippen MR) is 81.5 cm³/mol. The summed E-state index contributed by atoms with van der Waals surface area (Å²) in [6.45, 7) is 7.89. The van der Waals surface area contributed by atoms with Gasteiger partial charge in [0.05, 0.1) is 12.1 Å². The molecule has 2 rings (SSSR count). The number of ketones is 1. The maximum absolute atomic E-state index is 12.7. The van der Waals surface area contributed by atoms with Crippen molar-refractivity contribution in [1.82, 2.24) is 9.80 Å². The van der Waals surface area contributed by atoms with Crippen molar-refractivity contribution < 1.29 is 4.79 Å². The Kier molecular flexibility index (Phi) is 5.55. The number of Topliss-reactive ketones (excluding diaryl/α,β-unsaturated/α-hetero) is 1. The van der Waals surface area contributed by atoms with Gasteiger partial charge >= 0.3 is 0 Å². The van der Waals surface area contributed by atoms with E-state index in [1.54, 1.807) is 0 Å². The average molecular weight is 282 g/mol. The highest BCUT2D eigenvalue weighted by Crippen LogP contribution is 2.17. The number of hydrogen-bond acceptors (Lipinski definition) is 5. The molecule has 2 aliphatic heterocycles. The number of nitrogens with two attached hydrogens (primary N) is 2. The van der Waals surface area contributed by atoms with Gasteiger partial charge < -0.3 is 11.5 Å². The number of carbonyl (C=O) groups is 1. The molecule has 2 unspecified atom stereocenters. The number of piperidine rings is 2. The highest BCUT2D eigenvalue weighted by molar-refractivity contribution is 5.88. The van der Waals surface area contributed by atoms with E-state index in [1.807, 2.05) is 13.8 Å². The molecule has 2 aliphatic rings. The summed E-state index contributed by atoms with van der Waals surface area (Å²) in [5, 5.41) is 0. The molecule has 116 valence electrons. The van der Waals surface area contributed by atoms with Crippen molar-refractivity contribution in [3.8, 4) is 0 Å². The van der Waals surface area contributed by atoms with Crippen LogP contribution in [-0.4, -0.2) is 65.9 Å². The van der Waals surface area contributed by atoms with E-state index in [4.69, 9.17) is 11.5 Å². The Morgan fingerprint density at radius 2 is 1.15 bits per heavy atom. The third kappa shape index (κ3) is 3.79. The van der Waals surface area contributed by atoms with Crippen LogP contribution in [0.5, 0.6) is 0 Å². The van der Waals surface area contributed by atoms with Crippen LogP contribution in [0, 0.1) is 0 Å². The molecular formula is C15H30N4O. The summed E-state index contributed by atoms with van der Waals surface area (Å²) >= 11 is 0. The van der Waals surface area contributed by atoms with Gasteiger partial charge in [-0.25, -0.2) is 0 Å². The highest BCUT2D eigenvalue weighted by Gasteiger charge is 2.32. The van der Waals surface area contributed by atoms with Gasteiger partial charge in [0.15, 0.2) is 5.78 Å². The van der Waals surface area contributed by atoms with Crippen LogP contribution in [0.2, 0.25) is 0 Å². The van der Waals surface area contributed by atoms with Crippen molar-refractivity contribution >= 4 is 5.78 Å².